The number of unbranched alkanes of at least 4 members (excludes halogenated alkanes) is 1. The number of aryl methyl sites for hydroxylation is 1. The number of hydrogen-bond acceptors (Lipinski definition) is 2. The van der Waals surface area contributed by atoms with Crippen molar-refractivity contribution in [2.24, 2.45) is 0 Å². The third-order valence-electron chi connectivity index (χ3n) is 2.81. The number of ether oxygens (including phenoxy) is 1. The topological polar surface area (TPSA) is 21.3 Å². The zero-order chi connectivity index (χ0) is 13.2. The lowest BCUT2D eigenvalue weighted by atomic mass is 10.1. The summed E-state index contributed by atoms with van der Waals surface area (Å²) in [4.78, 5) is 0. The van der Waals surface area contributed by atoms with Crippen LogP contribution in [-0.4, -0.2) is 19.7 Å². The normalized spacial score (nSPS) is 10.6. The fourth-order valence-electron chi connectivity index (χ4n) is 1.85. The molecule has 1 N–H and O–H groups in total. The lowest BCUT2D eigenvalue weighted by Gasteiger charge is -2.08. The Morgan fingerprint density at radius 1 is 1.17 bits per heavy atom. The second-order valence-electron chi connectivity index (χ2n) is 4.39. The number of halogens is 1. The van der Waals surface area contributed by atoms with Gasteiger partial charge in [0.05, 0.1) is 6.61 Å². The van der Waals surface area contributed by atoms with Crippen molar-refractivity contribution in [2.75, 3.05) is 19.7 Å². The lowest BCUT2D eigenvalue weighted by molar-refractivity contribution is 0.340. The van der Waals surface area contributed by atoms with E-state index in [0.717, 1.165) is 36.3 Å². The van der Waals surface area contributed by atoms with Crippen LogP contribution in [0.3, 0.4) is 0 Å². The van der Waals surface area contributed by atoms with Crippen LogP contribution >= 0.6 is 15.9 Å². The molecule has 0 radical (unpaired) electrons. The summed E-state index contributed by atoms with van der Waals surface area (Å²) in [5.74, 6) is 0.942. The van der Waals surface area contributed by atoms with Gasteiger partial charge in [-0.1, -0.05) is 28.9 Å². The molecule has 0 aliphatic carbocycles. The molecule has 0 bridgehead atoms. The van der Waals surface area contributed by atoms with Crippen LogP contribution in [0.15, 0.2) is 22.7 Å². The summed E-state index contributed by atoms with van der Waals surface area (Å²) in [6, 6.07) is 6.28. The van der Waals surface area contributed by atoms with E-state index in [-0.39, 0.29) is 0 Å². The number of nitrogens with one attached hydrogen (secondary N) is 1. The Balaban J connectivity index is 2.29. The first-order valence-corrected chi connectivity index (χ1v) is 7.69. The molecule has 2 nitrogen and oxygen atoms in total. The maximum Gasteiger partial charge on any atom is 0.120 e. The zero-order valence-electron chi connectivity index (χ0n) is 11.5. The highest BCUT2D eigenvalue weighted by molar-refractivity contribution is 9.10. The fourth-order valence-corrected chi connectivity index (χ4v) is 2.41. The van der Waals surface area contributed by atoms with E-state index >= 15 is 0 Å². The van der Waals surface area contributed by atoms with Crippen LogP contribution < -0.4 is 10.1 Å². The Morgan fingerprint density at radius 3 is 2.67 bits per heavy atom. The van der Waals surface area contributed by atoms with Crippen molar-refractivity contribution < 1.29 is 4.74 Å². The highest BCUT2D eigenvalue weighted by atomic mass is 79.9. The Kier molecular flexibility index (Phi) is 8.10. The first-order chi connectivity index (χ1) is 8.77. The Morgan fingerprint density at radius 2 is 2.00 bits per heavy atom. The van der Waals surface area contributed by atoms with Gasteiger partial charge in [0.15, 0.2) is 0 Å². The van der Waals surface area contributed by atoms with E-state index in [9.17, 15) is 0 Å². The highest BCUT2D eigenvalue weighted by Crippen LogP contribution is 2.24. The minimum absolute atomic E-state index is 0.717. The molecule has 1 aromatic rings. The molecule has 0 amide bonds. The van der Waals surface area contributed by atoms with Crippen LogP contribution in [0.5, 0.6) is 5.75 Å². The van der Waals surface area contributed by atoms with Gasteiger partial charge < -0.3 is 10.1 Å². The van der Waals surface area contributed by atoms with Gasteiger partial charge in [-0.3, -0.25) is 0 Å². The number of rotatable bonds is 9. The van der Waals surface area contributed by atoms with Crippen molar-refractivity contribution in [3.05, 3.63) is 28.2 Å². The summed E-state index contributed by atoms with van der Waals surface area (Å²) >= 11 is 3.62. The van der Waals surface area contributed by atoms with E-state index in [1.165, 1.54) is 24.8 Å². The maximum absolute atomic E-state index is 5.47. The van der Waals surface area contributed by atoms with Crippen LogP contribution in [-0.2, 0) is 6.42 Å². The zero-order valence-corrected chi connectivity index (χ0v) is 13.1. The molecular weight excluding hydrogens is 290 g/mol. The van der Waals surface area contributed by atoms with Crippen molar-refractivity contribution in [3.63, 3.8) is 0 Å². The first kappa shape index (κ1) is 15.5. The van der Waals surface area contributed by atoms with Gasteiger partial charge in [-0.15, -0.1) is 0 Å². The Labute approximate surface area is 119 Å². The summed E-state index contributed by atoms with van der Waals surface area (Å²) in [5, 5.41) is 3.43. The molecule has 0 spiro atoms. The highest BCUT2D eigenvalue weighted by Gasteiger charge is 2.02. The second kappa shape index (κ2) is 9.40. The molecule has 1 aromatic carbocycles. The van der Waals surface area contributed by atoms with Gasteiger partial charge >= 0.3 is 0 Å². The van der Waals surface area contributed by atoms with Crippen molar-refractivity contribution in [3.8, 4) is 5.75 Å². The monoisotopic (exact) mass is 313 g/mol. The van der Waals surface area contributed by atoms with E-state index in [1.54, 1.807) is 0 Å². The van der Waals surface area contributed by atoms with E-state index in [4.69, 9.17) is 4.74 Å². The minimum Gasteiger partial charge on any atom is -0.494 e. The Bertz CT molecular complexity index is 341. The van der Waals surface area contributed by atoms with Crippen molar-refractivity contribution in [2.45, 2.75) is 39.5 Å². The molecule has 102 valence electrons. The molecule has 1 rings (SSSR count). The summed E-state index contributed by atoms with van der Waals surface area (Å²) < 4.78 is 6.63. The predicted molar refractivity (Wildman–Crippen MR) is 81.4 cm³/mol. The van der Waals surface area contributed by atoms with Gasteiger partial charge in [-0.05, 0) is 63.4 Å². The molecule has 0 unspecified atom stereocenters. The minimum atomic E-state index is 0.717. The summed E-state index contributed by atoms with van der Waals surface area (Å²) in [6.07, 6.45) is 4.80. The third-order valence-corrected chi connectivity index (χ3v) is 3.55. The van der Waals surface area contributed by atoms with Gasteiger partial charge in [0, 0.05) is 4.47 Å². The molecule has 0 aliphatic heterocycles. The van der Waals surface area contributed by atoms with E-state index in [0.29, 0.717) is 0 Å². The molecule has 0 aromatic heterocycles. The van der Waals surface area contributed by atoms with Crippen molar-refractivity contribution in [1.29, 1.82) is 0 Å². The molecule has 0 aliphatic rings. The van der Waals surface area contributed by atoms with Crippen molar-refractivity contribution >= 4 is 15.9 Å². The second-order valence-corrected chi connectivity index (χ2v) is 5.25. The van der Waals surface area contributed by atoms with E-state index in [2.05, 4.69) is 46.4 Å². The lowest BCUT2D eigenvalue weighted by Crippen LogP contribution is -2.15. The molecule has 0 atom stereocenters. The first-order valence-electron chi connectivity index (χ1n) is 6.89. The van der Waals surface area contributed by atoms with Crippen LogP contribution in [0.2, 0.25) is 0 Å². The largest absolute Gasteiger partial charge is 0.494 e. The molecular formula is C15H24BrNO. The fraction of sp³-hybridized carbons (Fsp3) is 0.600. The standard InChI is InChI=1S/C15H24BrNO/c1-3-10-17-11-6-5-7-13-8-9-14(18-4-2)12-15(13)16/h8-9,12,17H,3-7,10-11H2,1-2H3. The number of benzene rings is 1. The summed E-state index contributed by atoms with van der Waals surface area (Å²) in [7, 11) is 0. The third kappa shape index (κ3) is 5.87. The quantitative estimate of drug-likeness (QED) is 0.691. The van der Waals surface area contributed by atoms with Gasteiger partial charge in [0.2, 0.25) is 0 Å². The summed E-state index contributed by atoms with van der Waals surface area (Å²) in [5.41, 5.74) is 1.37. The molecule has 0 fully saturated rings. The van der Waals surface area contributed by atoms with Gasteiger partial charge in [-0.25, -0.2) is 0 Å². The molecule has 0 saturated carbocycles. The average Bonchev–Trinajstić information content (AvgIpc) is 2.36. The van der Waals surface area contributed by atoms with Crippen LogP contribution in [0.25, 0.3) is 0 Å². The molecule has 18 heavy (non-hydrogen) atoms. The Hall–Kier alpha value is -0.540. The van der Waals surface area contributed by atoms with Crippen LogP contribution in [0, 0.1) is 0 Å². The SMILES string of the molecule is CCCNCCCCc1ccc(OCC)cc1Br. The van der Waals surface area contributed by atoms with Crippen LogP contribution in [0.4, 0.5) is 0 Å². The predicted octanol–water partition coefficient (Wildman–Crippen LogP) is 4.17. The molecule has 3 heteroatoms. The van der Waals surface area contributed by atoms with Gasteiger partial charge in [0.1, 0.15) is 5.75 Å². The smallest absolute Gasteiger partial charge is 0.120 e. The maximum atomic E-state index is 5.47. The number of hydrogen-bond donors (Lipinski definition) is 1. The van der Waals surface area contributed by atoms with E-state index in [1.807, 2.05) is 6.92 Å². The molecule has 0 heterocycles. The van der Waals surface area contributed by atoms with E-state index < -0.39 is 0 Å². The molecule has 0 saturated heterocycles. The van der Waals surface area contributed by atoms with Crippen molar-refractivity contribution in [1.82, 2.24) is 5.32 Å². The van der Waals surface area contributed by atoms with Gasteiger partial charge in [0.25, 0.3) is 0 Å². The average molecular weight is 314 g/mol. The van der Waals surface area contributed by atoms with Gasteiger partial charge in [-0.2, -0.15) is 0 Å². The summed E-state index contributed by atoms with van der Waals surface area (Å²) in [6.45, 7) is 7.18. The van der Waals surface area contributed by atoms with Crippen LogP contribution in [0.1, 0.15) is 38.7 Å².